The summed E-state index contributed by atoms with van der Waals surface area (Å²) >= 11 is 0. The van der Waals surface area contributed by atoms with Crippen molar-refractivity contribution in [2.75, 3.05) is 7.11 Å². The zero-order chi connectivity index (χ0) is 15.2. The predicted octanol–water partition coefficient (Wildman–Crippen LogP) is 2.73. The fourth-order valence-corrected chi connectivity index (χ4v) is 1.62. The summed E-state index contributed by atoms with van der Waals surface area (Å²) in [7, 11) is 1.60. The molecule has 1 N–H and O–H groups in total. The highest BCUT2D eigenvalue weighted by molar-refractivity contribution is 5.67. The standard InChI is InChI=1S/C15H20N2O3/c1-15(2,3)20-14(18)17-9-12-6-5-11(10-19-4)7-13(12)8-16/h5-7H,9-10H2,1-4H3,(H,17,18). The van der Waals surface area contributed by atoms with Crippen LogP contribution in [0.4, 0.5) is 4.79 Å². The summed E-state index contributed by atoms with van der Waals surface area (Å²) in [5.41, 5.74) is 1.66. The molecule has 0 bridgehead atoms. The Bertz CT molecular complexity index is 513. The van der Waals surface area contributed by atoms with E-state index in [4.69, 9.17) is 14.7 Å². The van der Waals surface area contributed by atoms with Gasteiger partial charge in [-0.25, -0.2) is 4.79 Å². The van der Waals surface area contributed by atoms with Crippen molar-refractivity contribution in [3.63, 3.8) is 0 Å². The molecular formula is C15H20N2O3. The van der Waals surface area contributed by atoms with Crippen molar-refractivity contribution in [2.45, 2.75) is 39.5 Å². The first-order valence-corrected chi connectivity index (χ1v) is 6.33. The first-order chi connectivity index (χ1) is 9.35. The third kappa shape index (κ3) is 5.29. The van der Waals surface area contributed by atoms with E-state index < -0.39 is 11.7 Å². The minimum Gasteiger partial charge on any atom is -0.444 e. The van der Waals surface area contributed by atoms with Crippen molar-refractivity contribution >= 4 is 6.09 Å². The van der Waals surface area contributed by atoms with Gasteiger partial charge in [-0.05, 0) is 38.0 Å². The highest BCUT2D eigenvalue weighted by Crippen LogP contribution is 2.13. The molecule has 0 unspecified atom stereocenters. The molecular weight excluding hydrogens is 256 g/mol. The van der Waals surface area contributed by atoms with Gasteiger partial charge in [0, 0.05) is 13.7 Å². The van der Waals surface area contributed by atoms with E-state index in [1.807, 2.05) is 12.1 Å². The SMILES string of the molecule is COCc1ccc(CNC(=O)OC(C)(C)C)c(C#N)c1. The highest BCUT2D eigenvalue weighted by atomic mass is 16.6. The quantitative estimate of drug-likeness (QED) is 0.917. The minimum atomic E-state index is -0.537. The van der Waals surface area contributed by atoms with Crippen LogP contribution in [0.1, 0.15) is 37.5 Å². The first-order valence-electron chi connectivity index (χ1n) is 6.33. The minimum absolute atomic E-state index is 0.255. The summed E-state index contributed by atoms with van der Waals surface area (Å²) in [6, 6.07) is 7.56. The Morgan fingerprint density at radius 1 is 1.40 bits per heavy atom. The highest BCUT2D eigenvalue weighted by Gasteiger charge is 2.16. The fourth-order valence-electron chi connectivity index (χ4n) is 1.62. The smallest absolute Gasteiger partial charge is 0.407 e. The fraction of sp³-hybridized carbons (Fsp3) is 0.467. The van der Waals surface area contributed by atoms with Crippen molar-refractivity contribution in [2.24, 2.45) is 0 Å². The monoisotopic (exact) mass is 276 g/mol. The number of ether oxygens (including phenoxy) is 2. The van der Waals surface area contributed by atoms with Gasteiger partial charge in [-0.15, -0.1) is 0 Å². The lowest BCUT2D eigenvalue weighted by molar-refractivity contribution is 0.0523. The molecule has 108 valence electrons. The number of carbonyl (C=O) groups is 1. The molecule has 0 saturated heterocycles. The number of benzene rings is 1. The average molecular weight is 276 g/mol. The Labute approximate surface area is 119 Å². The van der Waals surface area contributed by atoms with E-state index in [9.17, 15) is 4.79 Å². The number of methoxy groups -OCH3 is 1. The Balaban J connectivity index is 2.69. The van der Waals surface area contributed by atoms with Crippen LogP contribution < -0.4 is 5.32 Å². The second-order valence-electron chi connectivity index (χ2n) is 5.39. The van der Waals surface area contributed by atoms with Gasteiger partial charge in [0.05, 0.1) is 18.2 Å². The Morgan fingerprint density at radius 2 is 2.10 bits per heavy atom. The van der Waals surface area contributed by atoms with Gasteiger partial charge in [0.2, 0.25) is 0 Å². The lowest BCUT2D eigenvalue weighted by atomic mass is 10.1. The number of hydrogen-bond acceptors (Lipinski definition) is 4. The van der Waals surface area contributed by atoms with E-state index in [0.29, 0.717) is 12.2 Å². The maximum absolute atomic E-state index is 11.6. The van der Waals surface area contributed by atoms with Gasteiger partial charge < -0.3 is 14.8 Å². The van der Waals surface area contributed by atoms with Crippen molar-refractivity contribution in [1.82, 2.24) is 5.32 Å². The lowest BCUT2D eigenvalue weighted by Crippen LogP contribution is -2.32. The molecule has 0 heterocycles. The predicted molar refractivity (Wildman–Crippen MR) is 74.9 cm³/mol. The third-order valence-corrected chi connectivity index (χ3v) is 2.43. The molecule has 1 amide bonds. The summed E-state index contributed by atoms with van der Waals surface area (Å²) in [6.07, 6.45) is -0.498. The molecule has 5 nitrogen and oxygen atoms in total. The number of amides is 1. The number of nitrogens with zero attached hydrogens (tertiary/aromatic N) is 1. The van der Waals surface area contributed by atoms with Crippen molar-refractivity contribution in [3.8, 4) is 6.07 Å². The molecule has 0 aromatic heterocycles. The molecule has 20 heavy (non-hydrogen) atoms. The summed E-state index contributed by atoms with van der Waals surface area (Å²) in [4.78, 5) is 11.6. The van der Waals surface area contributed by atoms with Crippen molar-refractivity contribution in [1.29, 1.82) is 5.26 Å². The van der Waals surface area contributed by atoms with Crippen LogP contribution in [0.25, 0.3) is 0 Å². The number of rotatable bonds is 4. The van der Waals surface area contributed by atoms with Crippen LogP contribution in [0.5, 0.6) is 0 Å². The van der Waals surface area contributed by atoms with Crippen LogP contribution in [0.3, 0.4) is 0 Å². The maximum Gasteiger partial charge on any atom is 0.407 e. The summed E-state index contributed by atoms with van der Waals surface area (Å²) in [5.74, 6) is 0. The molecule has 0 atom stereocenters. The largest absolute Gasteiger partial charge is 0.444 e. The van der Waals surface area contributed by atoms with E-state index in [2.05, 4.69) is 11.4 Å². The second-order valence-corrected chi connectivity index (χ2v) is 5.39. The van der Waals surface area contributed by atoms with Gasteiger partial charge in [-0.3, -0.25) is 0 Å². The van der Waals surface area contributed by atoms with Gasteiger partial charge in [0.15, 0.2) is 0 Å². The van der Waals surface area contributed by atoms with Gasteiger partial charge in [-0.1, -0.05) is 12.1 Å². The molecule has 5 heteroatoms. The molecule has 0 spiro atoms. The molecule has 1 aromatic carbocycles. The Morgan fingerprint density at radius 3 is 2.65 bits per heavy atom. The third-order valence-electron chi connectivity index (χ3n) is 2.43. The van der Waals surface area contributed by atoms with Crippen LogP contribution in [-0.2, 0) is 22.6 Å². The Kier molecular flexibility index (Phi) is 5.53. The van der Waals surface area contributed by atoms with Crippen LogP contribution in [0.15, 0.2) is 18.2 Å². The normalized spacial score (nSPS) is 10.8. The van der Waals surface area contributed by atoms with Crippen molar-refractivity contribution < 1.29 is 14.3 Å². The zero-order valence-corrected chi connectivity index (χ0v) is 12.3. The maximum atomic E-state index is 11.6. The van der Waals surface area contributed by atoms with E-state index in [-0.39, 0.29) is 6.54 Å². The molecule has 0 fully saturated rings. The van der Waals surface area contributed by atoms with Crippen molar-refractivity contribution in [3.05, 3.63) is 34.9 Å². The van der Waals surface area contributed by atoms with Crippen LogP contribution >= 0.6 is 0 Å². The van der Waals surface area contributed by atoms with Crippen LogP contribution in [-0.4, -0.2) is 18.8 Å². The Hall–Kier alpha value is -2.06. The van der Waals surface area contributed by atoms with Crippen LogP contribution in [0.2, 0.25) is 0 Å². The van der Waals surface area contributed by atoms with E-state index in [1.54, 1.807) is 33.9 Å². The van der Waals surface area contributed by atoms with Gasteiger partial charge >= 0.3 is 6.09 Å². The number of alkyl carbamates (subject to hydrolysis) is 1. The zero-order valence-electron chi connectivity index (χ0n) is 12.3. The van der Waals surface area contributed by atoms with Gasteiger partial charge in [0.1, 0.15) is 5.60 Å². The molecule has 0 aliphatic rings. The molecule has 0 aliphatic carbocycles. The van der Waals surface area contributed by atoms with E-state index in [0.717, 1.165) is 11.1 Å². The topological polar surface area (TPSA) is 71.3 Å². The summed E-state index contributed by atoms with van der Waals surface area (Å²) in [5, 5.41) is 11.8. The lowest BCUT2D eigenvalue weighted by Gasteiger charge is -2.19. The number of nitriles is 1. The van der Waals surface area contributed by atoms with Gasteiger partial charge in [-0.2, -0.15) is 5.26 Å². The average Bonchev–Trinajstić information content (AvgIpc) is 2.35. The summed E-state index contributed by atoms with van der Waals surface area (Å²) in [6.45, 7) is 6.10. The number of hydrogen-bond donors (Lipinski definition) is 1. The second kappa shape index (κ2) is 6.92. The molecule has 0 saturated carbocycles. The molecule has 0 radical (unpaired) electrons. The molecule has 1 rings (SSSR count). The molecule has 0 aliphatic heterocycles. The number of nitrogens with one attached hydrogen (secondary N) is 1. The summed E-state index contributed by atoms with van der Waals surface area (Å²) < 4.78 is 10.2. The molecule has 1 aromatic rings. The van der Waals surface area contributed by atoms with Gasteiger partial charge in [0.25, 0.3) is 0 Å². The van der Waals surface area contributed by atoms with E-state index >= 15 is 0 Å². The number of carbonyl (C=O) groups excluding carboxylic acids is 1. The van der Waals surface area contributed by atoms with Crippen LogP contribution in [0, 0.1) is 11.3 Å². The first kappa shape index (κ1) is 16.0. The van der Waals surface area contributed by atoms with E-state index in [1.165, 1.54) is 0 Å².